The van der Waals surface area contributed by atoms with Crippen molar-refractivity contribution in [1.82, 2.24) is 0 Å². The van der Waals surface area contributed by atoms with Crippen molar-refractivity contribution in [2.75, 3.05) is 7.11 Å². The highest BCUT2D eigenvalue weighted by Crippen LogP contribution is 2.29. The van der Waals surface area contributed by atoms with Crippen molar-refractivity contribution >= 4 is 19.3 Å². The van der Waals surface area contributed by atoms with Gasteiger partial charge >= 0.3 is 7.69 Å². The molecule has 3 nitrogen and oxygen atoms in total. The Bertz CT molecular complexity index is 267. The predicted octanol–water partition coefficient (Wildman–Crippen LogP) is 1.25. The summed E-state index contributed by atoms with van der Waals surface area (Å²) in [5.41, 5.74) is 0. The number of methoxy groups -OCH3 is 1. The molecule has 0 aliphatic rings. The zero-order chi connectivity index (χ0) is 8.97. The lowest BCUT2D eigenvalue weighted by Crippen LogP contribution is -2.01. The molecule has 1 rings (SSSR count). The first-order valence-corrected chi connectivity index (χ1v) is 3.62. The van der Waals surface area contributed by atoms with Crippen LogP contribution in [0.5, 0.6) is 11.5 Å². The first kappa shape index (κ1) is 9.22. The second kappa shape index (κ2) is 4.23. The smallest absolute Gasteiger partial charge is 0.535 e. The quantitative estimate of drug-likeness (QED) is 0.721. The van der Waals surface area contributed by atoms with Gasteiger partial charge in [0.25, 0.3) is 0 Å². The van der Waals surface area contributed by atoms with Crippen LogP contribution < -0.4 is 9.39 Å². The van der Waals surface area contributed by atoms with Crippen molar-refractivity contribution in [2.45, 2.75) is 0 Å². The van der Waals surface area contributed by atoms with Crippen LogP contribution in [0.25, 0.3) is 0 Å². The molecule has 0 amide bonds. The summed E-state index contributed by atoms with van der Waals surface area (Å²) in [6, 6.07) is 4.84. The van der Waals surface area contributed by atoms with Gasteiger partial charge in [-0.3, -0.25) is 0 Å². The Balaban J connectivity index is 2.94. The summed E-state index contributed by atoms with van der Waals surface area (Å²) in [6.45, 7) is 0. The monoisotopic (exact) mass is 185 g/mol. The molecule has 0 bridgehead atoms. The first-order valence-electron chi connectivity index (χ1n) is 3.24. The summed E-state index contributed by atoms with van der Waals surface area (Å²) in [6.07, 6.45) is 0. The van der Waals surface area contributed by atoms with Crippen LogP contribution in [0.1, 0.15) is 0 Å². The van der Waals surface area contributed by atoms with Gasteiger partial charge in [0.05, 0.1) is 7.11 Å². The first-order chi connectivity index (χ1) is 5.77. The Morgan fingerprint density at radius 1 is 1.42 bits per heavy atom. The molecule has 5 heteroatoms. The zero-order valence-corrected chi connectivity index (χ0v) is 7.21. The maximum atomic E-state index is 8.37. The molecule has 1 aromatic carbocycles. The molecular formula is C7H7BClO3. The summed E-state index contributed by atoms with van der Waals surface area (Å²) in [4.78, 5) is 0. The molecule has 0 spiro atoms. The van der Waals surface area contributed by atoms with E-state index in [9.17, 15) is 0 Å². The van der Waals surface area contributed by atoms with Crippen molar-refractivity contribution in [3.8, 4) is 11.5 Å². The lowest BCUT2D eigenvalue weighted by atomic mass is 10.3. The minimum atomic E-state index is 0.421. The number of benzene rings is 1. The fourth-order valence-electron chi connectivity index (χ4n) is 0.796. The molecule has 0 atom stereocenters. The van der Waals surface area contributed by atoms with Crippen LogP contribution in [0.15, 0.2) is 18.2 Å². The van der Waals surface area contributed by atoms with E-state index in [0.717, 1.165) is 0 Å². The Kier molecular flexibility index (Phi) is 3.25. The van der Waals surface area contributed by atoms with E-state index in [1.807, 2.05) is 0 Å². The average molecular weight is 185 g/mol. The SMILES string of the molecule is COc1cc(Cl)ccc1O[B]O. The minimum Gasteiger partial charge on any atom is -0.535 e. The number of halogens is 1. The third-order valence-electron chi connectivity index (χ3n) is 1.31. The lowest BCUT2D eigenvalue weighted by Gasteiger charge is -2.07. The van der Waals surface area contributed by atoms with E-state index in [1.165, 1.54) is 7.11 Å². The van der Waals surface area contributed by atoms with Gasteiger partial charge in [-0.25, -0.2) is 0 Å². The Morgan fingerprint density at radius 3 is 2.75 bits per heavy atom. The van der Waals surface area contributed by atoms with E-state index < -0.39 is 0 Å². The zero-order valence-electron chi connectivity index (χ0n) is 6.45. The van der Waals surface area contributed by atoms with E-state index in [-0.39, 0.29) is 0 Å². The van der Waals surface area contributed by atoms with E-state index in [2.05, 4.69) is 0 Å². The summed E-state index contributed by atoms with van der Waals surface area (Å²) in [5.74, 6) is 0.900. The van der Waals surface area contributed by atoms with E-state index in [0.29, 0.717) is 24.2 Å². The maximum Gasteiger partial charge on any atom is 0.569 e. The van der Waals surface area contributed by atoms with E-state index >= 15 is 0 Å². The molecule has 0 unspecified atom stereocenters. The van der Waals surface area contributed by atoms with Crippen LogP contribution >= 0.6 is 11.6 Å². The van der Waals surface area contributed by atoms with Crippen LogP contribution in [0.3, 0.4) is 0 Å². The standard InChI is InChI=1S/C7H7BClO3/c1-11-7-4-5(9)2-3-6(7)12-8-10/h2-4,10H,1H3. The maximum absolute atomic E-state index is 8.37. The van der Waals surface area contributed by atoms with Crippen LogP contribution in [-0.2, 0) is 0 Å². The summed E-state index contributed by atoms with van der Waals surface area (Å²) in [5, 5.41) is 8.93. The van der Waals surface area contributed by atoms with Gasteiger partial charge in [0.1, 0.15) is 5.75 Å². The molecule has 0 aliphatic heterocycles. The number of ether oxygens (including phenoxy) is 1. The van der Waals surface area contributed by atoms with Crippen molar-refractivity contribution < 1.29 is 14.4 Å². The third-order valence-corrected chi connectivity index (χ3v) is 1.54. The lowest BCUT2D eigenvalue weighted by molar-refractivity contribution is 0.381. The van der Waals surface area contributed by atoms with Gasteiger partial charge in [-0.15, -0.1) is 0 Å². The summed E-state index contributed by atoms with van der Waals surface area (Å²) >= 11 is 5.69. The summed E-state index contributed by atoms with van der Waals surface area (Å²) < 4.78 is 9.67. The fourth-order valence-corrected chi connectivity index (χ4v) is 0.958. The summed E-state index contributed by atoms with van der Waals surface area (Å²) in [7, 11) is 2.08. The molecule has 12 heavy (non-hydrogen) atoms. The molecule has 63 valence electrons. The Hall–Kier alpha value is -0.865. The van der Waals surface area contributed by atoms with E-state index in [1.54, 1.807) is 18.2 Å². The van der Waals surface area contributed by atoms with Gasteiger partial charge in [0.2, 0.25) is 0 Å². The second-order valence-corrected chi connectivity index (χ2v) is 2.45. The van der Waals surface area contributed by atoms with Crippen LogP contribution in [-0.4, -0.2) is 19.8 Å². The molecule has 1 N–H and O–H groups in total. The molecule has 0 heterocycles. The highest BCUT2D eigenvalue weighted by atomic mass is 35.5. The van der Waals surface area contributed by atoms with Gasteiger partial charge in [-0.05, 0) is 12.1 Å². The highest BCUT2D eigenvalue weighted by Gasteiger charge is 2.04. The van der Waals surface area contributed by atoms with Crippen molar-refractivity contribution in [3.63, 3.8) is 0 Å². The Labute approximate surface area is 76.2 Å². The molecular weight excluding hydrogens is 178 g/mol. The predicted molar refractivity (Wildman–Crippen MR) is 46.6 cm³/mol. The van der Waals surface area contributed by atoms with Crippen molar-refractivity contribution in [3.05, 3.63) is 23.2 Å². The van der Waals surface area contributed by atoms with Gasteiger partial charge in [-0.1, -0.05) is 11.6 Å². The molecule has 0 fully saturated rings. The molecule has 0 aliphatic carbocycles. The molecule has 1 aromatic rings. The number of hydrogen-bond acceptors (Lipinski definition) is 3. The molecule has 0 saturated heterocycles. The van der Waals surface area contributed by atoms with Gasteiger partial charge in [-0.2, -0.15) is 0 Å². The largest absolute Gasteiger partial charge is 0.569 e. The number of hydrogen-bond donors (Lipinski definition) is 1. The normalized spacial score (nSPS) is 9.25. The molecule has 0 aromatic heterocycles. The topological polar surface area (TPSA) is 38.7 Å². The average Bonchev–Trinajstić information content (AvgIpc) is 2.08. The van der Waals surface area contributed by atoms with Crippen molar-refractivity contribution in [2.24, 2.45) is 0 Å². The van der Waals surface area contributed by atoms with Gasteiger partial charge in [0, 0.05) is 11.1 Å². The third kappa shape index (κ3) is 2.06. The van der Waals surface area contributed by atoms with Gasteiger partial charge < -0.3 is 14.4 Å². The van der Waals surface area contributed by atoms with Crippen molar-refractivity contribution in [1.29, 1.82) is 0 Å². The second-order valence-electron chi connectivity index (χ2n) is 2.02. The fraction of sp³-hybridized carbons (Fsp3) is 0.143. The van der Waals surface area contributed by atoms with Crippen LogP contribution in [0.2, 0.25) is 5.02 Å². The van der Waals surface area contributed by atoms with Gasteiger partial charge in [0.15, 0.2) is 5.75 Å². The van der Waals surface area contributed by atoms with E-state index in [4.69, 9.17) is 26.0 Å². The molecule has 1 radical (unpaired) electrons. The number of rotatable bonds is 3. The van der Waals surface area contributed by atoms with Crippen LogP contribution in [0.4, 0.5) is 0 Å². The van der Waals surface area contributed by atoms with Crippen LogP contribution in [0, 0.1) is 0 Å². The highest BCUT2D eigenvalue weighted by molar-refractivity contribution is 6.30. The minimum absolute atomic E-state index is 0.421. The Morgan fingerprint density at radius 2 is 2.17 bits per heavy atom. The molecule has 0 saturated carbocycles.